The molecule has 0 aliphatic rings. The summed E-state index contributed by atoms with van der Waals surface area (Å²) in [5.74, 6) is 1.81. The van der Waals surface area contributed by atoms with E-state index in [0.29, 0.717) is 0 Å². The fourth-order valence-electron chi connectivity index (χ4n) is 8.84. The second kappa shape index (κ2) is 15.6. The smallest absolute Gasteiger partial charge is 0.145 e. The molecule has 6 heteroatoms. The van der Waals surface area contributed by atoms with Crippen molar-refractivity contribution in [3.63, 3.8) is 0 Å². The van der Waals surface area contributed by atoms with Gasteiger partial charge < -0.3 is 0 Å². The molecule has 0 bridgehead atoms. The zero-order chi connectivity index (χ0) is 42.4. The molecule has 12 rings (SSSR count). The molecule has 0 unspecified atom stereocenters. The molecule has 9 aromatic carbocycles. The first-order valence-corrected chi connectivity index (χ1v) is 21.5. The van der Waals surface area contributed by atoms with Gasteiger partial charge in [-0.3, -0.25) is 9.13 Å². The fourth-order valence-corrected chi connectivity index (χ4v) is 8.84. The van der Waals surface area contributed by atoms with Gasteiger partial charge in [-0.05, 0) is 95.1 Å². The number of benzene rings is 9. The first-order chi connectivity index (χ1) is 31.7. The number of fused-ring (bicyclic) bond motifs is 3. The summed E-state index contributed by atoms with van der Waals surface area (Å²) in [5, 5.41) is 0. The minimum absolute atomic E-state index is 0.838. The predicted molar refractivity (Wildman–Crippen MR) is 261 cm³/mol. The number of rotatable bonds is 8. The average molecular weight is 819 g/mol. The molecule has 12 aromatic rings. The summed E-state index contributed by atoms with van der Waals surface area (Å²) < 4.78 is 4.48. The highest BCUT2D eigenvalue weighted by Gasteiger charge is 2.18. The van der Waals surface area contributed by atoms with Crippen LogP contribution in [-0.2, 0) is 0 Å². The van der Waals surface area contributed by atoms with Crippen molar-refractivity contribution in [2.24, 2.45) is 0 Å². The molecule has 0 atom stereocenters. The number of hydrogen-bond acceptors (Lipinski definition) is 4. The van der Waals surface area contributed by atoms with Gasteiger partial charge in [0.1, 0.15) is 11.6 Å². The molecule has 300 valence electrons. The molecule has 6 nitrogen and oxygen atoms in total. The zero-order valence-electron chi connectivity index (χ0n) is 34.6. The van der Waals surface area contributed by atoms with Crippen LogP contribution in [0.5, 0.6) is 0 Å². The Bertz CT molecular complexity index is 3400. The van der Waals surface area contributed by atoms with E-state index in [-0.39, 0.29) is 0 Å². The maximum absolute atomic E-state index is 5.23. The third-order valence-electron chi connectivity index (χ3n) is 11.9. The highest BCUT2D eigenvalue weighted by atomic mass is 15.1. The van der Waals surface area contributed by atoms with Gasteiger partial charge in [-0.15, -0.1) is 0 Å². The summed E-state index contributed by atoms with van der Waals surface area (Å²) in [6.07, 6.45) is 0. The Morgan fingerprint density at radius 3 is 1.00 bits per heavy atom. The van der Waals surface area contributed by atoms with Crippen molar-refractivity contribution in [2.45, 2.75) is 0 Å². The topological polar surface area (TPSA) is 61.4 Å². The van der Waals surface area contributed by atoms with Gasteiger partial charge in [0.15, 0.2) is 0 Å². The summed E-state index contributed by atoms with van der Waals surface area (Å²) in [7, 11) is 0. The molecule has 0 spiro atoms. The van der Waals surface area contributed by atoms with E-state index in [4.69, 9.17) is 19.9 Å². The Balaban J connectivity index is 0.884. The van der Waals surface area contributed by atoms with Crippen LogP contribution in [0, 0.1) is 0 Å². The molecule has 0 saturated heterocycles. The number of para-hydroxylation sites is 8. The van der Waals surface area contributed by atoms with Crippen LogP contribution < -0.4 is 0 Å². The summed E-state index contributed by atoms with van der Waals surface area (Å²) in [6, 6.07) is 80.2. The predicted octanol–water partition coefficient (Wildman–Crippen LogP) is 14.3. The quantitative estimate of drug-likeness (QED) is 0.153. The first kappa shape index (κ1) is 37.1. The minimum Gasteiger partial charge on any atom is -0.292 e. The standard InChI is InChI=1S/C58H38N6/c1-3-19-47(20-4-1)63-53-27-11-9-25-51(53)61-57(63)45-17-13-15-43(37-45)39-29-33-41(34-30-39)55-56(60-50-24-8-7-23-49(50)59-55)42-35-31-40(32-36-42)44-16-14-18-46(38-44)58-62-52-26-10-12-28-54(52)64(58)48-21-5-2-6-22-48/h1-38H. The Morgan fingerprint density at radius 2 is 0.578 bits per heavy atom. The summed E-state index contributed by atoms with van der Waals surface area (Å²) in [6.45, 7) is 0. The Morgan fingerprint density at radius 1 is 0.234 bits per heavy atom. The minimum atomic E-state index is 0.838. The van der Waals surface area contributed by atoms with Gasteiger partial charge in [-0.25, -0.2) is 19.9 Å². The van der Waals surface area contributed by atoms with Crippen molar-refractivity contribution in [3.05, 3.63) is 231 Å². The summed E-state index contributed by atoms with van der Waals surface area (Å²) >= 11 is 0. The maximum Gasteiger partial charge on any atom is 0.145 e. The molecule has 0 radical (unpaired) electrons. The van der Waals surface area contributed by atoms with Crippen LogP contribution in [0.15, 0.2) is 231 Å². The molecule has 64 heavy (non-hydrogen) atoms. The van der Waals surface area contributed by atoms with E-state index in [0.717, 1.165) is 112 Å². The number of hydrogen-bond donors (Lipinski definition) is 0. The van der Waals surface area contributed by atoms with E-state index in [9.17, 15) is 0 Å². The highest BCUT2D eigenvalue weighted by molar-refractivity contribution is 5.89. The van der Waals surface area contributed by atoms with Gasteiger partial charge in [0.05, 0.1) is 44.5 Å². The van der Waals surface area contributed by atoms with Crippen molar-refractivity contribution in [2.75, 3.05) is 0 Å². The lowest BCUT2D eigenvalue weighted by Gasteiger charge is -2.13. The van der Waals surface area contributed by atoms with Crippen LogP contribution >= 0.6 is 0 Å². The van der Waals surface area contributed by atoms with E-state index < -0.39 is 0 Å². The SMILES string of the molecule is c1ccc(-n2c(-c3cccc(-c4ccc(-c5nc6ccccc6nc5-c5ccc(-c6cccc(-c7nc8ccccc8n7-c7ccccc7)c6)cc5)cc4)c3)nc3ccccc32)cc1. The van der Waals surface area contributed by atoms with Crippen molar-refractivity contribution in [1.29, 1.82) is 0 Å². The van der Waals surface area contributed by atoms with Crippen LogP contribution in [0.4, 0.5) is 0 Å². The van der Waals surface area contributed by atoms with Crippen LogP contribution in [0.1, 0.15) is 0 Å². The Hall–Kier alpha value is -8.74. The van der Waals surface area contributed by atoms with E-state index in [1.54, 1.807) is 0 Å². The van der Waals surface area contributed by atoms with Crippen molar-refractivity contribution in [3.8, 4) is 78.9 Å². The first-order valence-electron chi connectivity index (χ1n) is 21.5. The second-order valence-corrected chi connectivity index (χ2v) is 15.9. The average Bonchev–Trinajstić information content (AvgIpc) is 3.97. The zero-order valence-corrected chi connectivity index (χ0v) is 34.6. The molecular weight excluding hydrogens is 781 g/mol. The fraction of sp³-hybridized carbons (Fsp3) is 0. The maximum atomic E-state index is 5.23. The molecule has 3 heterocycles. The molecule has 0 aliphatic heterocycles. The van der Waals surface area contributed by atoms with Crippen LogP contribution in [0.3, 0.4) is 0 Å². The van der Waals surface area contributed by atoms with Crippen LogP contribution in [0.25, 0.3) is 112 Å². The van der Waals surface area contributed by atoms with Crippen molar-refractivity contribution in [1.82, 2.24) is 29.1 Å². The monoisotopic (exact) mass is 818 g/mol. The van der Waals surface area contributed by atoms with Crippen LogP contribution in [0.2, 0.25) is 0 Å². The molecule has 0 aliphatic carbocycles. The van der Waals surface area contributed by atoms with E-state index in [2.05, 4.69) is 191 Å². The van der Waals surface area contributed by atoms with Gasteiger partial charge in [0.2, 0.25) is 0 Å². The highest BCUT2D eigenvalue weighted by Crippen LogP contribution is 2.37. The molecule has 0 fully saturated rings. The molecule has 0 saturated carbocycles. The molecule has 3 aromatic heterocycles. The van der Waals surface area contributed by atoms with Gasteiger partial charge in [-0.2, -0.15) is 0 Å². The van der Waals surface area contributed by atoms with Crippen molar-refractivity contribution < 1.29 is 0 Å². The number of nitrogens with zero attached hydrogens (tertiary/aromatic N) is 6. The Kier molecular flexibility index (Phi) is 9.05. The third kappa shape index (κ3) is 6.62. The van der Waals surface area contributed by atoms with E-state index in [1.165, 1.54) is 0 Å². The lowest BCUT2D eigenvalue weighted by molar-refractivity contribution is 1.10. The molecular formula is C58H38N6. The second-order valence-electron chi connectivity index (χ2n) is 15.9. The third-order valence-corrected chi connectivity index (χ3v) is 11.9. The van der Waals surface area contributed by atoms with Crippen molar-refractivity contribution >= 4 is 33.1 Å². The van der Waals surface area contributed by atoms with Crippen LogP contribution in [-0.4, -0.2) is 29.1 Å². The summed E-state index contributed by atoms with van der Waals surface area (Å²) in [4.78, 5) is 20.7. The van der Waals surface area contributed by atoms with Gasteiger partial charge in [0.25, 0.3) is 0 Å². The largest absolute Gasteiger partial charge is 0.292 e. The van der Waals surface area contributed by atoms with E-state index in [1.807, 2.05) is 48.5 Å². The number of aromatic nitrogens is 6. The Labute approximate surface area is 370 Å². The molecule has 0 N–H and O–H groups in total. The normalized spacial score (nSPS) is 11.4. The lowest BCUT2D eigenvalue weighted by Crippen LogP contribution is -1.97. The van der Waals surface area contributed by atoms with Gasteiger partial charge in [-0.1, -0.05) is 158 Å². The van der Waals surface area contributed by atoms with Gasteiger partial charge >= 0.3 is 0 Å². The molecule has 0 amide bonds. The van der Waals surface area contributed by atoms with E-state index >= 15 is 0 Å². The lowest BCUT2D eigenvalue weighted by atomic mass is 9.97. The number of imidazole rings is 2. The van der Waals surface area contributed by atoms with Gasteiger partial charge in [0, 0.05) is 33.6 Å². The summed E-state index contributed by atoms with van der Waals surface area (Å²) in [5.41, 5.74) is 18.1.